The van der Waals surface area contributed by atoms with Crippen molar-refractivity contribution in [3.63, 3.8) is 0 Å². The van der Waals surface area contributed by atoms with Crippen molar-refractivity contribution in [2.24, 2.45) is 17.1 Å². The number of ether oxygens (including phenoxy) is 2. The summed E-state index contributed by atoms with van der Waals surface area (Å²) in [5.74, 6) is 0.344. The Labute approximate surface area is 189 Å². The third kappa shape index (κ3) is 3.79. The normalized spacial score (nSPS) is 22.2. The number of hydrogen-bond acceptors (Lipinski definition) is 7. The highest BCUT2D eigenvalue weighted by molar-refractivity contribution is 5.60. The molecular formula is C25H29N5O2. The van der Waals surface area contributed by atoms with E-state index >= 15 is 0 Å². The van der Waals surface area contributed by atoms with Gasteiger partial charge in [-0.3, -0.25) is 4.90 Å². The van der Waals surface area contributed by atoms with E-state index in [9.17, 15) is 15.8 Å². The van der Waals surface area contributed by atoms with Crippen LogP contribution in [0, 0.1) is 45.3 Å². The van der Waals surface area contributed by atoms with Gasteiger partial charge < -0.3 is 15.2 Å². The molecule has 1 aromatic carbocycles. The van der Waals surface area contributed by atoms with Gasteiger partial charge in [-0.15, -0.1) is 0 Å². The third-order valence-electron chi connectivity index (χ3n) is 6.19. The molecular weight excluding hydrogens is 402 g/mol. The lowest BCUT2D eigenvalue weighted by Crippen LogP contribution is -2.48. The van der Waals surface area contributed by atoms with Crippen LogP contribution in [0.5, 0.6) is 11.5 Å². The van der Waals surface area contributed by atoms with E-state index in [1.54, 1.807) is 7.11 Å². The molecule has 1 unspecified atom stereocenters. The average molecular weight is 432 g/mol. The van der Waals surface area contributed by atoms with Crippen LogP contribution in [0.4, 0.5) is 0 Å². The van der Waals surface area contributed by atoms with Crippen LogP contribution in [-0.4, -0.2) is 37.7 Å². The summed E-state index contributed by atoms with van der Waals surface area (Å²) in [7, 11) is 1.56. The summed E-state index contributed by atoms with van der Waals surface area (Å²) in [4.78, 5) is 2.28. The fourth-order valence-electron chi connectivity index (χ4n) is 4.84. The van der Waals surface area contributed by atoms with Gasteiger partial charge in [-0.05, 0) is 50.1 Å². The minimum atomic E-state index is -1.66. The highest BCUT2D eigenvalue weighted by atomic mass is 16.5. The van der Waals surface area contributed by atoms with Crippen LogP contribution in [0.3, 0.4) is 0 Å². The lowest BCUT2D eigenvalue weighted by Gasteiger charge is -2.45. The SMILES string of the molecule is CCCN1CC=C2C(C#N)=C(N)C(C#N)(C#N)[C@H](c3ccc(OC(C)C)c(OC)c3)C2C1. The first-order valence-corrected chi connectivity index (χ1v) is 10.9. The van der Waals surface area contributed by atoms with Crippen molar-refractivity contribution in [2.45, 2.75) is 39.2 Å². The van der Waals surface area contributed by atoms with E-state index in [0.29, 0.717) is 24.6 Å². The smallest absolute Gasteiger partial charge is 0.191 e. The molecule has 1 heterocycles. The van der Waals surface area contributed by atoms with E-state index in [0.717, 1.165) is 24.1 Å². The molecule has 0 saturated heterocycles. The maximum atomic E-state index is 10.2. The van der Waals surface area contributed by atoms with Gasteiger partial charge in [-0.2, -0.15) is 15.8 Å². The number of allylic oxidation sites excluding steroid dienone is 2. The average Bonchev–Trinajstić information content (AvgIpc) is 2.79. The monoisotopic (exact) mass is 431 g/mol. The van der Waals surface area contributed by atoms with Crippen molar-refractivity contribution in [3.05, 3.63) is 46.7 Å². The molecule has 32 heavy (non-hydrogen) atoms. The topological polar surface area (TPSA) is 119 Å². The molecule has 0 radical (unpaired) electrons. The van der Waals surface area contributed by atoms with Gasteiger partial charge in [-0.25, -0.2) is 0 Å². The molecule has 7 nitrogen and oxygen atoms in total. The van der Waals surface area contributed by atoms with Crippen molar-refractivity contribution in [2.75, 3.05) is 26.7 Å². The zero-order valence-electron chi connectivity index (χ0n) is 19.1. The van der Waals surface area contributed by atoms with Crippen molar-refractivity contribution in [1.82, 2.24) is 4.90 Å². The summed E-state index contributed by atoms with van der Waals surface area (Å²) < 4.78 is 11.4. The van der Waals surface area contributed by atoms with E-state index in [2.05, 4.69) is 30.0 Å². The molecule has 1 aliphatic heterocycles. The number of nitrogens with zero attached hydrogens (tertiary/aromatic N) is 4. The maximum absolute atomic E-state index is 10.2. The van der Waals surface area contributed by atoms with Gasteiger partial charge >= 0.3 is 0 Å². The Bertz CT molecular complexity index is 1050. The summed E-state index contributed by atoms with van der Waals surface area (Å²) >= 11 is 0. The first-order valence-electron chi connectivity index (χ1n) is 10.9. The van der Waals surface area contributed by atoms with Crippen LogP contribution >= 0.6 is 0 Å². The molecule has 166 valence electrons. The number of methoxy groups -OCH3 is 1. The Hall–Kier alpha value is -3.47. The molecule has 0 fully saturated rings. The molecule has 2 aliphatic rings. The molecule has 0 aromatic heterocycles. The van der Waals surface area contributed by atoms with Crippen LogP contribution in [0.2, 0.25) is 0 Å². The van der Waals surface area contributed by atoms with Crippen LogP contribution in [0.25, 0.3) is 0 Å². The minimum Gasteiger partial charge on any atom is -0.493 e. The number of nitriles is 3. The summed E-state index contributed by atoms with van der Waals surface area (Å²) in [5.41, 5.74) is 6.60. The van der Waals surface area contributed by atoms with Crippen molar-refractivity contribution in [3.8, 4) is 29.7 Å². The van der Waals surface area contributed by atoms with Gasteiger partial charge in [0.1, 0.15) is 6.07 Å². The van der Waals surface area contributed by atoms with E-state index in [1.807, 2.05) is 38.1 Å². The molecule has 2 atom stereocenters. The van der Waals surface area contributed by atoms with Crippen LogP contribution in [-0.2, 0) is 0 Å². The van der Waals surface area contributed by atoms with Gasteiger partial charge in [-0.1, -0.05) is 19.1 Å². The fourth-order valence-corrected chi connectivity index (χ4v) is 4.84. The predicted octanol–water partition coefficient (Wildman–Crippen LogP) is 3.62. The first kappa shape index (κ1) is 23.2. The Morgan fingerprint density at radius 3 is 2.50 bits per heavy atom. The molecule has 7 heteroatoms. The Kier molecular flexibility index (Phi) is 6.78. The zero-order valence-corrected chi connectivity index (χ0v) is 19.1. The molecule has 1 aromatic rings. The highest BCUT2D eigenvalue weighted by Crippen LogP contribution is 2.54. The summed E-state index contributed by atoms with van der Waals surface area (Å²) in [5, 5.41) is 30.3. The highest BCUT2D eigenvalue weighted by Gasteiger charge is 2.54. The Balaban J connectivity index is 2.24. The van der Waals surface area contributed by atoms with Crippen molar-refractivity contribution in [1.29, 1.82) is 15.8 Å². The fraction of sp³-hybridized carbons (Fsp3) is 0.480. The van der Waals surface area contributed by atoms with Crippen molar-refractivity contribution >= 4 is 0 Å². The Morgan fingerprint density at radius 2 is 1.94 bits per heavy atom. The molecule has 0 bridgehead atoms. The first-order chi connectivity index (χ1) is 15.4. The van der Waals surface area contributed by atoms with Gasteiger partial charge in [0, 0.05) is 24.9 Å². The number of fused-ring (bicyclic) bond motifs is 1. The molecule has 2 N–H and O–H groups in total. The van der Waals surface area contributed by atoms with Gasteiger partial charge in [0.05, 0.1) is 36.6 Å². The molecule has 3 rings (SSSR count). The summed E-state index contributed by atoms with van der Waals surface area (Å²) in [6, 6.07) is 12.0. The lowest BCUT2D eigenvalue weighted by atomic mass is 9.58. The van der Waals surface area contributed by atoms with E-state index < -0.39 is 11.3 Å². The van der Waals surface area contributed by atoms with Crippen molar-refractivity contribution < 1.29 is 9.47 Å². The molecule has 0 saturated carbocycles. The second-order valence-electron chi connectivity index (χ2n) is 8.51. The molecule has 1 aliphatic carbocycles. The minimum absolute atomic E-state index is 0.0305. The van der Waals surface area contributed by atoms with Crippen LogP contribution in [0.1, 0.15) is 38.7 Å². The summed E-state index contributed by atoms with van der Waals surface area (Å²) in [6.45, 7) is 8.22. The Morgan fingerprint density at radius 1 is 1.22 bits per heavy atom. The number of hydrogen-bond donors (Lipinski definition) is 1. The second kappa shape index (κ2) is 9.35. The largest absolute Gasteiger partial charge is 0.493 e. The molecule has 0 spiro atoms. The van der Waals surface area contributed by atoms with E-state index in [1.165, 1.54) is 0 Å². The lowest BCUT2D eigenvalue weighted by molar-refractivity contribution is 0.206. The quantitative estimate of drug-likeness (QED) is 0.730. The second-order valence-corrected chi connectivity index (χ2v) is 8.51. The van der Waals surface area contributed by atoms with Gasteiger partial charge in [0.2, 0.25) is 0 Å². The molecule has 0 amide bonds. The van der Waals surface area contributed by atoms with Gasteiger partial charge in [0.15, 0.2) is 16.9 Å². The number of rotatable bonds is 6. The summed E-state index contributed by atoms with van der Waals surface area (Å²) in [6.07, 6.45) is 2.98. The predicted molar refractivity (Wildman–Crippen MR) is 120 cm³/mol. The number of nitrogens with two attached hydrogens (primary N) is 1. The van der Waals surface area contributed by atoms with Crippen LogP contribution in [0.15, 0.2) is 41.1 Å². The third-order valence-corrected chi connectivity index (χ3v) is 6.19. The zero-order chi connectivity index (χ0) is 23.5. The van der Waals surface area contributed by atoms with Gasteiger partial charge in [0.25, 0.3) is 0 Å². The maximum Gasteiger partial charge on any atom is 0.191 e. The van der Waals surface area contributed by atoms with E-state index in [-0.39, 0.29) is 23.3 Å². The van der Waals surface area contributed by atoms with E-state index in [4.69, 9.17) is 15.2 Å². The standard InChI is InChI=1S/C25H29N5O2/c1-5-9-30-10-8-18-19(12-26)24(29)25(14-27,15-28)23(20(18)13-30)17-6-7-21(32-16(2)3)22(11-17)31-4/h6-8,11,16,20,23H,5,9-10,13,29H2,1-4H3/t20?,23-/m1/s1. The number of benzene rings is 1. The van der Waals surface area contributed by atoms with Crippen LogP contribution < -0.4 is 15.2 Å².